The van der Waals surface area contributed by atoms with Crippen LogP contribution in [0.3, 0.4) is 0 Å². The first kappa shape index (κ1) is 22.4. The van der Waals surface area contributed by atoms with Crippen LogP contribution in [0.4, 0.5) is 0 Å². The topological polar surface area (TPSA) is 95.9 Å². The summed E-state index contributed by atoms with van der Waals surface area (Å²) in [4.78, 5) is 17.6. The Bertz CT molecular complexity index is 1220. The van der Waals surface area contributed by atoms with Crippen molar-refractivity contribution in [3.05, 3.63) is 54.1 Å². The molecule has 1 amide bonds. The van der Waals surface area contributed by atoms with Gasteiger partial charge in [0, 0.05) is 39.3 Å². The van der Waals surface area contributed by atoms with Crippen LogP contribution in [0.5, 0.6) is 0 Å². The van der Waals surface area contributed by atoms with Crippen molar-refractivity contribution in [3.63, 3.8) is 0 Å². The molecule has 2 aromatic carbocycles. The predicted molar refractivity (Wildman–Crippen MR) is 124 cm³/mol. The Morgan fingerprint density at radius 3 is 2.36 bits per heavy atom. The predicted octanol–water partition coefficient (Wildman–Crippen LogP) is 1.60. The summed E-state index contributed by atoms with van der Waals surface area (Å²) in [7, 11) is -3.71. The van der Waals surface area contributed by atoms with E-state index in [1.807, 2.05) is 35.2 Å². The molecular weight excluding hydrogens is 462 g/mol. The third-order valence-corrected chi connectivity index (χ3v) is 8.65. The van der Waals surface area contributed by atoms with Gasteiger partial charge in [-0.25, -0.2) is 8.42 Å². The highest BCUT2D eigenvalue weighted by Crippen LogP contribution is 2.29. The summed E-state index contributed by atoms with van der Waals surface area (Å²) in [5, 5.41) is 0. The summed E-state index contributed by atoms with van der Waals surface area (Å²) < 4.78 is 42.0. The Labute approximate surface area is 196 Å². The molecule has 1 atom stereocenters. The van der Waals surface area contributed by atoms with E-state index in [4.69, 9.17) is 4.74 Å². The van der Waals surface area contributed by atoms with Crippen LogP contribution in [-0.4, -0.2) is 89.7 Å². The van der Waals surface area contributed by atoms with Crippen molar-refractivity contribution in [1.29, 1.82) is 0 Å². The fourth-order valence-corrected chi connectivity index (χ4v) is 6.61. The lowest BCUT2D eigenvalue weighted by Gasteiger charge is -2.40. The maximum atomic E-state index is 13.5. The molecule has 0 radical (unpaired) electrons. The molecule has 3 heterocycles. The van der Waals surface area contributed by atoms with Crippen molar-refractivity contribution in [2.24, 2.45) is 0 Å². The van der Waals surface area contributed by atoms with Gasteiger partial charge < -0.3 is 9.64 Å². The molecule has 0 saturated carbocycles. The van der Waals surface area contributed by atoms with Crippen LogP contribution >= 0.6 is 11.7 Å². The van der Waals surface area contributed by atoms with E-state index in [-0.39, 0.29) is 10.8 Å². The average molecular weight is 488 g/mol. The molecule has 2 aliphatic rings. The van der Waals surface area contributed by atoms with Crippen LogP contribution in [0.15, 0.2) is 53.4 Å². The van der Waals surface area contributed by atoms with E-state index in [1.165, 1.54) is 4.31 Å². The minimum absolute atomic E-state index is 0.0409. The Morgan fingerprint density at radius 1 is 0.909 bits per heavy atom. The summed E-state index contributed by atoms with van der Waals surface area (Å²) in [6.45, 7) is 3.74. The highest BCUT2D eigenvalue weighted by molar-refractivity contribution is 7.89. The molecule has 9 nitrogen and oxygen atoms in total. The van der Waals surface area contributed by atoms with Gasteiger partial charge in [-0.2, -0.15) is 13.1 Å². The zero-order valence-corrected chi connectivity index (χ0v) is 19.7. The van der Waals surface area contributed by atoms with Crippen LogP contribution in [0, 0.1) is 0 Å². The zero-order valence-electron chi connectivity index (χ0n) is 18.0. The standard InChI is InChI=1S/C22H25N5O4S2/c28-22(26-13-15-31-16-14-26)21(17-5-2-1-3-6-17)25-9-11-27(12-10-25)33(29,30)19-8-4-7-18-20(19)24-32-23-18/h1-8,21H,9-16H2. The summed E-state index contributed by atoms with van der Waals surface area (Å²) in [5.74, 6) is 0.0409. The average Bonchev–Trinajstić information content (AvgIpc) is 3.35. The number of sulfonamides is 1. The SMILES string of the molecule is O=C(C(c1ccccc1)N1CCN(S(=O)(=O)c2cccc3nsnc23)CC1)N1CCOCC1. The molecule has 0 N–H and O–H groups in total. The number of carbonyl (C=O) groups is 1. The van der Waals surface area contributed by atoms with E-state index in [0.29, 0.717) is 63.5 Å². The third kappa shape index (κ3) is 4.38. The van der Waals surface area contributed by atoms with E-state index < -0.39 is 16.1 Å². The first-order valence-electron chi connectivity index (χ1n) is 10.9. The molecule has 0 bridgehead atoms. The van der Waals surface area contributed by atoms with Crippen molar-refractivity contribution in [2.75, 3.05) is 52.5 Å². The summed E-state index contributed by atoms with van der Waals surface area (Å²) in [5.41, 5.74) is 1.91. The lowest BCUT2D eigenvalue weighted by molar-refractivity contribution is -0.142. The van der Waals surface area contributed by atoms with Gasteiger partial charge in [0.25, 0.3) is 0 Å². The quantitative estimate of drug-likeness (QED) is 0.539. The molecule has 5 rings (SSSR count). The minimum Gasteiger partial charge on any atom is -0.378 e. The van der Waals surface area contributed by atoms with Crippen molar-refractivity contribution < 1.29 is 17.9 Å². The number of benzene rings is 2. The lowest BCUT2D eigenvalue weighted by atomic mass is 10.0. The van der Waals surface area contributed by atoms with Crippen LogP contribution < -0.4 is 0 Å². The number of carbonyl (C=O) groups excluding carboxylic acids is 1. The molecule has 2 aliphatic heterocycles. The van der Waals surface area contributed by atoms with Gasteiger partial charge in [0.05, 0.1) is 24.9 Å². The van der Waals surface area contributed by atoms with Crippen molar-refractivity contribution >= 4 is 38.7 Å². The van der Waals surface area contributed by atoms with Crippen molar-refractivity contribution in [2.45, 2.75) is 10.9 Å². The molecule has 0 aliphatic carbocycles. The van der Waals surface area contributed by atoms with Gasteiger partial charge in [0.2, 0.25) is 15.9 Å². The number of ether oxygens (including phenoxy) is 1. The van der Waals surface area contributed by atoms with E-state index in [9.17, 15) is 13.2 Å². The molecule has 33 heavy (non-hydrogen) atoms. The summed E-state index contributed by atoms with van der Waals surface area (Å²) in [6, 6.07) is 14.3. The summed E-state index contributed by atoms with van der Waals surface area (Å²) in [6.07, 6.45) is 0. The summed E-state index contributed by atoms with van der Waals surface area (Å²) >= 11 is 1.01. The molecule has 1 unspecified atom stereocenters. The van der Waals surface area contributed by atoms with Gasteiger partial charge in [-0.05, 0) is 17.7 Å². The van der Waals surface area contributed by atoms with Crippen LogP contribution in [-0.2, 0) is 19.6 Å². The van der Waals surface area contributed by atoms with E-state index in [0.717, 1.165) is 17.3 Å². The van der Waals surface area contributed by atoms with Crippen LogP contribution in [0.25, 0.3) is 11.0 Å². The van der Waals surface area contributed by atoms with Crippen molar-refractivity contribution in [1.82, 2.24) is 22.9 Å². The van der Waals surface area contributed by atoms with Gasteiger partial charge in [-0.1, -0.05) is 36.4 Å². The Hall–Kier alpha value is -2.44. The Balaban J connectivity index is 1.36. The highest BCUT2D eigenvalue weighted by atomic mass is 32.2. The largest absolute Gasteiger partial charge is 0.378 e. The first-order valence-corrected chi connectivity index (χ1v) is 13.1. The number of piperazine rings is 1. The Kier molecular flexibility index (Phi) is 6.39. The number of fused-ring (bicyclic) bond motifs is 1. The number of hydrogen-bond acceptors (Lipinski definition) is 8. The van der Waals surface area contributed by atoms with Crippen molar-refractivity contribution in [3.8, 4) is 0 Å². The fraction of sp³-hybridized carbons (Fsp3) is 0.409. The zero-order chi connectivity index (χ0) is 22.8. The van der Waals surface area contributed by atoms with Gasteiger partial charge in [0.15, 0.2) is 0 Å². The molecule has 2 saturated heterocycles. The van der Waals surface area contributed by atoms with E-state index in [2.05, 4.69) is 13.6 Å². The van der Waals surface area contributed by atoms with Gasteiger partial charge in [-0.3, -0.25) is 9.69 Å². The maximum Gasteiger partial charge on any atom is 0.245 e. The number of aromatic nitrogens is 2. The minimum atomic E-state index is -3.71. The Morgan fingerprint density at radius 2 is 1.64 bits per heavy atom. The second-order valence-corrected chi connectivity index (χ2v) is 10.5. The third-order valence-electron chi connectivity index (χ3n) is 6.18. The molecular formula is C22H25N5O4S2. The molecule has 2 fully saturated rings. The maximum absolute atomic E-state index is 13.5. The number of amides is 1. The van der Waals surface area contributed by atoms with E-state index >= 15 is 0 Å². The second-order valence-electron chi connectivity index (χ2n) is 8.08. The van der Waals surface area contributed by atoms with Gasteiger partial charge in [-0.15, -0.1) is 0 Å². The number of rotatable bonds is 5. The first-order chi connectivity index (χ1) is 16.1. The van der Waals surface area contributed by atoms with Crippen LogP contribution in [0.1, 0.15) is 11.6 Å². The second kappa shape index (κ2) is 9.43. The number of nitrogens with zero attached hydrogens (tertiary/aromatic N) is 5. The molecule has 174 valence electrons. The lowest BCUT2D eigenvalue weighted by Crippen LogP contribution is -2.54. The molecule has 1 aromatic heterocycles. The monoisotopic (exact) mass is 487 g/mol. The fourth-order valence-electron chi connectivity index (χ4n) is 4.43. The van der Waals surface area contributed by atoms with Gasteiger partial charge >= 0.3 is 0 Å². The van der Waals surface area contributed by atoms with Gasteiger partial charge in [0.1, 0.15) is 22.0 Å². The van der Waals surface area contributed by atoms with E-state index in [1.54, 1.807) is 18.2 Å². The number of morpholine rings is 1. The van der Waals surface area contributed by atoms with Crippen LogP contribution in [0.2, 0.25) is 0 Å². The molecule has 11 heteroatoms. The smallest absolute Gasteiger partial charge is 0.245 e. The molecule has 3 aromatic rings. The highest BCUT2D eigenvalue weighted by Gasteiger charge is 2.37. The molecule has 0 spiro atoms. The number of hydrogen-bond donors (Lipinski definition) is 0. The normalized spacial score (nSPS) is 19.6.